The molecular weight excluding hydrogens is 258 g/mol. The largest absolute Gasteiger partial charge is 0.367 e. The predicted molar refractivity (Wildman–Crippen MR) is 83.0 cm³/mol. The summed E-state index contributed by atoms with van der Waals surface area (Å²) in [5, 5.41) is 4.13. The van der Waals surface area contributed by atoms with Crippen LogP contribution in [0.4, 0.5) is 5.82 Å². The maximum Gasteiger partial charge on any atom is 0.137 e. The first-order chi connectivity index (χ1) is 9.12. The van der Waals surface area contributed by atoms with Crippen molar-refractivity contribution in [3.63, 3.8) is 0 Å². The van der Waals surface area contributed by atoms with Crippen molar-refractivity contribution in [3.8, 4) is 0 Å². The molecule has 0 fully saturated rings. The average Bonchev–Trinajstić information content (AvgIpc) is 2.41. The summed E-state index contributed by atoms with van der Waals surface area (Å²) in [4.78, 5) is 8.86. The van der Waals surface area contributed by atoms with Gasteiger partial charge in [-0.05, 0) is 19.8 Å². The van der Waals surface area contributed by atoms with Crippen molar-refractivity contribution in [2.75, 3.05) is 5.32 Å². The summed E-state index contributed by atoms with van der Waals surface area (Å²) in [6.45, 7) is 8.47. The van der Waals surface area contributed by atoms with Gasteiger partial charge >= 0.3 is 0 Å². The second-order valence-corrected chi connectivity index (χ2v) is 5.39. The van der Waals surface area contributed by atoms with E-state index in [0.29, 0.717) is 11.2 Å². The molecule has 0 aliphatic heterocycles. The lowest BCUT2D eigenvalue weighted by molar-refractivity contribution is 0.562. The number of nitrogens with one attached hydrogen (secondary N) is 1. The summed E-state index contributed by atoms with van der Waals surface area (Å²) in [6.07, 6.45) is 6.82. The van der Waals surface area contributed by atoms with Crippen molar-refractivity contribution in [3.05, 3.63) is 16.5 Å². The number of nitrogens with zero attached hydrogens (tertiary/aromatic N) is 2. The van der Waals surface area contributed by atoms with Crippen LogP contribution in [0, 0.1) is 6.92 Å². The van der Waals surface area contributed by atoms with Crippen LogP contribution in [0.3, 0.4) is 0 Å². The highest BCUT2D eigenvalue weighted by atomic mass is 35.5. The molecule has 0 bridgehead atoms. The maximum absolute atomic E-state index is 6.17. The Morgan fingerprint density at radius 1 is 1.11 bits per heavy atom. The van der Waals surface area contributed by atoms with Gasteiger partial charge in [-0.3, -0.25) is 0 Å². The number of unbranched alkanes of at least 4 members (excludes halogenated alkanes) is 1. The maximum atomic E-state index is 6.17. The van der Waals surface area contributed by atoms with Gasteiger partial charge in [0.15, 0.2) is 0 Å². The highest BCUT2D eigenvalue weighted by Crippen LogP contribution is 2.22. The zero-order valence-corrected chi connectivity index (χ0v) is 13.3. The Morgan fingerprint density at radius 3 is 2.42 bits per heavy atom. The van der Waals surface area contributed by atoms with E-state index in [0.717, 1.165) is 23.6 Å². The highest BCUT2D eigenvalue weighted by molar-refractivity contribution is 6.30. The normalized spacial score (nSPS) is 12.5. The van der Waals surface area contributed by atoms with Crippen molar-refractivity contribution in [1.82, 2.24) is 9.97 Å². The van der Waals surface area contributed by atoms with E-state index in [-0.39, 0.29) is 0 Å². The summed E-state index contributed by atoms with van der Waals surface area (Å²) in [5.41, 5.74) is 0.955. The van der Waals surface area contributed by atoms with E-state index in [2.05, 4.69) is 29.1 Å². The minimum Gasteiger partial charge on any atom is -0.367 e. The molecule has 1 unspecified atom stereocenters. The van der Waals surface area contributed by atoms with E-state index < -0.39 is 0 Å². The Kier molecular flexibility index (Phi) is 7.14. The standard InChI is InChI=1S/C15H26ClN3/c1-5-8-10-12(9-6-2)17-15-11(4)14(16)18-13(7-3)19-15/h12H,5-10H2,1-4H3,(H,17,18,19). The molecule has 0 aliphatic rings. The van der Waals surface area contributed by atoms with Gasteiger partial charge in [-0.25, -0.2) is 9.97 Å². The van der Waals surface area contributed by atoms with E-state index >= 15 is 0 Å². The first kappa shape index (κ1) is 16.2. The molecule has 0 saturated carbocycles. The third kappa shape index (κ3) is 4.98. The molecule has 0 spiro atoms. The number of hydrogen-bond donors (Lipinski definition) is 1. The molecule has 0 aliphatic carbocycles. The van der Waals surface area contributed by atoms with Crippen molar-refractivity contribution >= 4 is 17.4 Å². The second-order valence-electron chi connectivity index (χ2n) is 5.03. The molecule has 3 nitrogen and oxygen atoms in total. The van der Waals surface area contributed by atoms with Crippen LogP contribution in [0.25, 0.3) is 0 Å². The zero-order chi connectivity index (χ0) is 14.3. The summed E-state index contributed by atoms with van der Waals surface area (Å²) in [5.74, 6) is 1.72. The molecule has 1 aromatic rings. The fourth-order valence-electron chi connectivity index (χ4n) is 2.11. The molecule has 108 valence electrons. The summed E-state index contributed by atoms with van der Waals surface area (Å²) >= 11 is 6.17. The number of hydrogen-bond acceptors (Lipinski definition) is 3. The van der Waals surface area contributed by atoms with E-state index in [1.807, 2.05) is 13.8 Å². The zero-order valence-electron chi connectivity index (χ0n) is 12.6. The molecule has 1 N–H and O–H groups in total. The van der Waals surface area contributed by atoms with Crippen molar-refractivity contribution in [2.45, 2.75) is 72.3 Å². The van der Waals surface area contributed by atoms with E-state index in [9.17, 15) is 0 Å². The van der Waals surface area contributed by atoms with Crippen LogP contribution < -0.4 is 5.32 Å². The highest BCUT2D eigenvalue weighted by Gasteiger charge is 2.13. The van der Waals surface area contributed by atoms with Gasteiger partial charge in [-0.1, -0.05) is 51.6 Å². The fourth-order valence-corrected chi connectivity index (χ4v) is 2.30. The van der Waals surface area contributed by atoms with Crippen molar-refractivity contribution < 1.29 is 0 Å². The minimum atomic E-state index is 0.485. The summed E-state index contributed by atoms with van der Waals surface area (Å²) in [7, 11) is 0. The number of halogens is 1. The minimum absolute atomic E-state index is 0.485. The lowest BCUT2D eigenvalue weighted by atomic mass is 10.1. The molecule has 4 heteroatoms. The topological polar surface area (TPSA) is 37.8 Å². The van der Waals surface area contributed by atoms with Crippen LogP contribution >= 0.6 is 11.6 Å². The Morgan fingerprint density at radius 2 is 1.84 bits per heavy atom. The smallest absolute Gasteiger partial charge is 0.137 e. The van der Waals surface area contributed by atoms with Gasteiger partial charge in [0.05, 0.1) is 0 Å². The number of aryl methyl sites for hydroxylation is 1. The third-order valence-corrected chi connectivity index (χ3v) is 3.70. The Balaban J connectivity index is 2.85. The van der Waals surface area contributed by atoms with Crippen molar-refractivity contribution in [1.29, 1.82) is 0 Å². The number of anilines is 1. The van der Waals surface area contributed by atoms with E-state index in [1.54, 1.807) is 0 Å². The van der Waals surface area contributed by atoms with Crippen molar-refractivity contribution in [2.24, 2.45) is 0 Å². The Hall–Kier alpha value is -0.830. The molecule has 0 radical (unpaired) electrons. The van der Waals surface area contributed by atoms with Crippen LogP contribution in [-0.2, 0) is 6.42 Å². The van der Waals surface area contributed by atoms with E-state index in [4.69, 9.17) is 11.6 Å². The second kappa shape index (κ2) is 8.36. The first-order valence-electron chi connectivity index (χ1n) is 7.41. The van der Waals surface area contributed by atoms with Crippen LogP contribution in [0.15, 0.2) is 0 Å². The molecule has 1 heterocycles. The molecule has 0 saturated heterocycles. The van der Waals surface area contributed by atoms with Gasteiger partial charge < -0.3 is 5.32 Å². The Labute approximate surface area is 122 Å². The molecule has 1 atom stereocenters. The lowest BCUT2D eigenvalue weighted by Crippen LogP contribution is -2.21. The molecular formula is C15H26ClN3. The van der Waals surface area contributed by atoms with Gasteiger partial charge in [-0.2, -0.15) is 0 Å². The monoisotopic (exact) mass is 283 g/mol. The first-order valence-corrected chi connectivity index (χ1v) is 7.79. The SMILES string of the molecule is CCCCC(CCC)Nc1nc(CC)nc(Cl)c1C. The lowest BCUT2D eigenvalue weighted by Gasteiger charge is -2.20. The van der Waals surface area contributed by atoms with Crippen LogP contribution in [0.2, 0.25) is 5.15 Å². The van der Waals surface area contributed by atoms with Gasteiger partial charge in [0.25, 0.3) is 0 Å². The van der Waals surface area contributed by atoms with Gasteiger partial charge in [-0.15, -0.1) is 0 Å². The predicted octanol–water partition coefficient (Wildman–Crippen LogP) is 4.77. The van der Waals surface area contributed by atoms with Gasteiger partial charge in [0.2, 0.25) is 0 Å². The van der Waals surface area contributed by atoms with Crippen LogP contribution in [-0.4, -0.2) is 16.0 Å². The molecule has 1 aromatic heterocycles. The van der Waals surface area contributed by atoms with Gasteiger partial charge in [0.1, 0.15) is 16.8 Å². The fraction of sp³-hybridized carbons (Fsp3) is 0.733. The van der Waals surface area contributed by atoms with Crippen LogP contribution in [0.5, 0.6) is 0 Å². The quantitative estimate of drug-likeness (QED) is 0.698. The third-order valence-electron chi connectivity index (χ3n) is 3.33. The molecule has 19 heavy (non-hydrogen) atoms. The van der Waals surface area contributed by atoms with E-state index in [1.165, 1.54) is 32.1 Å². The van der Waals surface area contributed by atoms with Gasteiger partial charge in [0, 0.05) is 18.0 Å². The molecule has 0 aromatic carbocycles. The average molecular weight is 284 g/mol. The van der Waals surface area contributed by atoms with Crippen LogP contribution in [0.1, 0.15) is 64.3 Å². The molecule has 1 rings (SSSR count). The molecule has 0 amide bonds. The number of aromatic nitrogens is 2. The Bertz CT molecular complexity index is 393. The summed E-state index contributed by atoms with van der Waals surface area (Å²) < 4.78 is 0. The summed E-state index contributed by atoms with van der Waals surface area (Å²) in [6, 6.07) is 0.485. The number of rotatable bonds is 8.